The van der Waals surface area contributed by atoms with E-state index in [4.69, 9.17) is 6.64 Å². The molecule has 0 spiro atoms. The summed E-state index contributed by atoms with van der Waals surface area (Å²) in [6, 6.07) is 14.6. The minimum atomic E-state index is -6.26. The number of hydrogen-bond acceptors (Lipinski definition) is 4. The van der Waals surface area contributed by atoms with Crippen LogP contribution >= 0.6 is 0 Å². The van der Waals surface area contributed by atoms with Gasteiger partial charge in [0.25, 0.3) is 0 Å². The second kappa shape index (κ2) is 7.39. The SMILES string of the molecule is CCCC(=O)[O][Ti]([CH3])([CH3])(=[SiH2])([O]C(=O)CCC)([C]1=CC=CC1)[c]1cccc2c1Cc1ccccc1-2. The van der Waals surface area contributed by atoms with Gasteiger partial charge in [0.1, 0.15) is 0 Å². The molecule has 0 atom stereocenters. The standard InChI is InChI=1S/C13H9.C5H5.2C4H8O2.2CH3.H2Si.Ti/c1-3-7-12-10(5-1)9-11-6-2-4-8-13(11)12;1-2-4-5-3-1;2*1-2-3-4(5)6;;;;/h1-5,7-8H,9H2;1-3H,4H2;2*2-3H2,1H3,(H,5,6);2*1H3;1H2;/q;;;;;;;+2/p-2. The Kier molecular flexibility index (Phi) is 5.42. The number of hydrogen-bond donors (Lipinski definition) is 0. The van der Waals surface area contributed by atoms with E-state index in [1.165, 1.54) is 11.1 Å². The Bertz CT molecular complexity index is 1380. The predicted octanol–water partition coefficient (Wildman–Crippen LogP) is 5.65. The first kappa shape index (κ1) is 24.9. The van der Waals surface area contributed by atoms with Crippen LogP contribution in [-0.4, -0.2) is 19.6 Å². The molecule has 0 saturated carbocycles. The summed E-state index contributed by atoms with van der Waals surface area (Å²) in [6.45, 7) is 3.92. The molecule has 0 radical (unpaired) electrons. The van der Waals surface area contributed by atoms with Crippen molar-refractivity contribution < 1.29 is 28.5 Å². The van der Waals surface area contributed by atoms with Crippen LogP contribution in [0.1, 0.15) is 57.1 Å². The molecule has 0 bridgehead atoms. The molecule has 180 valence electrons. The number of allylic oxidation sites excluding steroid dienone is 4. The van der Waals surface area contributed by atoms with Gasteiger partial charge in [-0.2, -0.15) is 0 Å². The van der Waals surface area contributed by atoms with Gasteiger partial charge in [0, 0.05) is 0 Å². The van der Waals surface area contributed by atoms with Crippen molar-refractivity contribution >= 4 is 23.4 Å². The molecule has 0 amide bonds. The van der Waals surface area contributed by atoms with Crippen molar-refractivity contribution in [3.8, 4) is 11.1 Å². The van der Waals surface area contributed by atoms with Crippen molar-refractivity contribution in [3.63, 3.8) is 0 Å². The summed E-state index contributed by atoms with van der Waals surface area (Å²) < 4.78 is 15.5. The molecule has 0 saturated heterocycles. The maximum absolute atomic E-state index is 13.5. The summed E-state index contributed by atoms with van der Waals surface area (Å²) in [5.41, 5.74) is 4.64. The monoisotopic (exact) mass is 512 g/mol. The summed E-state index contributed by atoms with van der Waals surface area (Å²) >= 11 is -6.26. The van der Waals surface area contributed by atoms with Crippen molar-refractivity contribution in [2.24, 2.45) is 0 Å². The molecular formula is C28H36O4SiTi. The zero-order valence-corrected chi connectivity index (χ0v) is 23.8. The Balaban J connectivity index is 2.13. The predicted molar refractivity (Wildman–Crippen MR) is 138 cm³/mol. The van der Waals surface area contributed by atoms with Gasteiger partial charge in [0.15, 0.2) is 0 Å². The normalized spacial score (nSPS) is 17.4. The maximum atomic E-state index is 13.5. The van der Waals surface area contributed by atoms with Crippen molar-refractivity contribution in [1.82, 2.24) is 0 Å². The second-order valence-corrected chi connectivity index (χ2v) is 38.7. The summed E-state index contributed by atoms with van der Waals surface area (Å²) in [6.07, 6.45) is 9.22. The van der Waals surface area contributed by atoms with Crippen LogP contribution in [0.25, 0.3) is 11.1 Å². The van der Waals surface area contributed by atoms with Gasteiger partial charge >= 0.3 is 202 Å². The van der Waals surface area contributed by atoms with Gasteiger partial charge in [-0.15, -0.1) is 0 Å². The van der Waals surface area contributed by atoms with E-state index in [0.717, 1.165) is 18.9 Å². The molecule has 0 heterocycles. The van der Waals surface area contributed by atoms with Gasteiger partial charge in [0.05, 0.1) is 0 Å². The van der Waals surface area contributed by atoms with Gasteiger partial charge in [-0.05, 0) is 0 Å². The Morgan fingerprint density at radius 2 is 1.53 bits per heavy atom. The van der Waals surface area contributed by atoms with E-state index in [1.807, 2.05) is 54.7 Å². The van der Waals surface area contributed by atoms with Crippen LogP contribution in [0.4, 0.5) is 0 Å². The van der Waals surface area contributed by atoms with Crippen LogP contribution < -0.4 is 3.87 Å². The topological polar surface area (TPSA) is 52.6 Å². The Morgan fingerprint density at radius 3 is 2.12 bits per heavy atom. The third kappa shape index (κ3) is 3.52. The first-order valence-corrected chi connectivity index (χ1v) is 22.4. The average molecular weight is 513 g/mol. The number of benzene rings is 2. The molecule has 2 aromatic rings. The Morgan fingerprint density at radius 1 is 0.912 bits per heavy atom. The minimum absolute atomic E-state index is 0.272. The molecule has 4 nitrogen and oxygen atoms in total. The van der Waals surface area contributed by atoms with Crippen molar-refractivity contribution in [2.75, 3.05) is 0 Å². The summed E-state index contributed by atoms with van der Waals surface area (Å²) in [5, 5.41) is 3.99. The number of fused-ring (bicyclic) bond motifs is 3. The number of carbonyl (C=O) groups is 2. The van der Waals surface area contributed by atoms with E-state index in [9.17, 15) is 9.59 Å². The third-order valence-electron chi connectivity index (χ3n) is 7.97. The molecule has 2 aliphatic carbocycles. The molecule has 0 aromatic heterocycles. The fraction of sp³-hybridized carbons (Fsp3) is 0.357. The second-order valence-electron chi connectivity index (χ2n) is 11.7. The average Bonchev–Trinajstić information content (AvgIpc) is 3.43. The molecule has 34 heavy (non-hydrogen) atoms. The van der Waals surface area contributed by atoms with E-state index < -0.39 is 12.3 Å². The molecule has 2 aliphatic rings. The van der Waals surface area contributed by atoms with Crippen LogP contribution in [0, 0.1) is 0 Å². The zero-order valence-electron chi connectivity index (χ0n) is 20.9. The first-order valence-electron chi connectivity index (χ1n) is 12.4. The zero-order chi connectivity index (χ0) is 24.7. The van der Waals surface area contributed by atoms with Crippen LogP contribution in [0.5, 0.6) is 0 Å². The quantitative estimate of drug-likeness (QED) is 0.366. The molecule has 0 fully saturated rings. The molecule has 4 rings (SSSR count). The van der Waals surface area contributed by atoms with Crippen LogP contribution in [0.3, 0.4) is 0 Å². The Labute approximate surface area is 200 Å². The van der Waals surface area contributed by atoms with Gasteiger partial charge in [-0.3, -0.25) is 0 Å². The summed E-state index contributed by atoms with van der Waals surface area (Å²) in [5.74, 6) is -0.633. The van der Waals surface area contributed by atoms with E-state index >= 15 is 0 Å². The van der Waals surface area contributed by atoms with E-state index in [1.54, 1.807) is 7.63 Å². The van der Waals surface area contributed by atoms with Crippen LogP contribution in [0.2, 0.25) is 10.5 Å². The van der Waals surface area contributed by atoms with Gasteiger partial charge in [-0.1, -0.05) is 0 Å². The first-order chi connectivity index (χ1) is 15.9. The summed E-state index contributed by atoms with van der Waals surface area (Å²) in [4.78, 5) is 26.9. The van der Waals surface area contributed by atoms with Crippen LogP contribution in [0.15, 0.2) is 64.6 Å². The Hall–Kier alpha value is -2.21. The molecule has 0 N–H and O–H groups in total. The molecular weight excluding hydrogens is 476 g/mol. The van der Waals surface area contributed by atoms with E-state index in [2.05, 4.69) is 30.3 Å². The van der Waals surface area contributed by atoms with Gasteiger partial charge in [0.2, 0.25) is 0 Å². The molecule has 6 heteroatoms. The summed E-state index contributed by atoms with van der Waals surface area (Å²) in [7, 11) is 1.66. The van der Waals surface area contributed by atoms with Gasteiger partial charge < -0.3 is 0 Å². The third-order valence-corrected chi connectivity index (χ3v) is 24.7. The van der Waals surface area contributed by atoms with E-state index in [0.29, 0.717) is 25.7 Å². The molecule has 0 unspecified atom stereocenters. The van der Waals surface area contributed by atoms with Crippen molar-refractivity contribution in [1.29, 1.82) is 0 Å². The van der Waals surface area contributed by atoms with E-state index in [-0.39, 0.29) is 24.8 Å². The molecule has 0 aliphatic heterocycles. The fourth-order valence-electron chi connectivity index (χ4n) is 6.18. The number of rotatable bonds is 8. The fourth-order valence-corrected chi connectivity index (χ4v) is 20.7. The number of carbonyl (C=O) groups excluding carboxylic acids is 2. The van der Waals surface area contributed by atoms with Crippen molar-refractivity contribution in [3.05, 3.63) is 75.7 Å². The molecule has 2 aromatic carbocycles. The van der Waals surface area contributed by atoms with Crippen molar-refractivity contribution in [2.45, 2.75) is 62.8 Å². The van der Waals surface area contributed by atoms with Crippen LogP contribution in [-0.2, 0) is 34.9 Å². The van der Waals surface area contributed by atoms with Gasteiger partial charge in [-0.25, -0.2) is 0 Å².